The molecule has 0 unspecified atom stereocenters. The Hall–Kier alpha value is -3.46. The van der Waals surface area contributed by atoms with E-state index in [4.69, 9.17) is 4.74 Å². The summed E-state index contributed by atoms with van der Waals surface area (Å²) in [6.07, 6.45) is 1.86. The zero-order valence-corrected chi connectivity index (χ0v) is 20.3. The Morgan fingerprint density at radius 3 is 2.29 bits per heavy atom. The number of likely N-dealkylation sites (N-methyl/N-ethyl adjacent to an activating group) is 1. The number of rotatable bonds is 5. The number of likely N-dealkylation sites (tertiary alicyclic amines) is 1. The van der Waals surface area contributed by atoms with Crippen LogP contribution < -0.4 is 20.8 Å². The highest BCUT2D eigenvalue weighted by atomic mass is 19.1. The Balaban J connectivity index is 1.31. The van der Waals surface area contributed by atoms with Gasteiger partial charge in [0.2, 0.25) is 5.95 Å². The van der Waals surface area contributed by atoms with Gasteiger partial charge in [-0.1, -0.05) is 12.1 Å². The van der Waals surface area contributed by atoms with E-state index < -0.39 is 16.9 Å². The van der Waals surface area contributed by atoms with Crippen LogP contribution in [0, 0.1) is 5.82 Å². The highest BCUT2D eigenvalue weighted by Gasteiger charge is 2.46. The zero-order valence-electron chi connectivity index (χ0n) is 20.3. The lowest BCUT2D eigenvalue weighted by molar-refractivity contribution is 0.149. The Kier molecular flexibility index (Phi) is 5.96. The number of hydrogen-bond donors (Lipinski definition) is 0. The number of fused-ring (bicyclic) bond motifs is 1. The smallest absolute Gasteiger partial charge is 0.337 e. The van der Waals surface area contributed by atoms with Crippen LogP contribution in [0.2, 0.25) is 0 Å². The molecule has 0 N–H and O–H groups in total. The molecule has 1 fully saturated rings. The van der Waals surface area contributed by atoms with E-state index in [-0.39, 0.29) is 11.6 Å². The van der Waals surface area contributed by atoms with E-state index in [2.05, 4.69) is 22.1 Å². The third kappa shape index (κ3) is 4.36. The van der Waals surface area contributed by atoms with Gasteiger partial charge in [0, 0.05) is 26.7 Å². The molecule has 3 heterocycles. The highest BCUT2D eigenvalue weighted by Crippen LogP contribution is 2.37. The molecule has 2 aliphatic heterocycles. The third-order valence-electron chi connectivity index (χ3n) is 7.07. The van der Waals surface area contributed by atoms with Gasteiger partial charge in [0.25, 0.3) is 0 Å². The molecule has 9 heteroatoms. The Labute approximate surface area is 203 Å². The van der Waals surface area contributed by atoms with Crippen LogP contribution in [0.5, 0.6) is 5.75 Å². The van der Waals surface area contributed by atoms with Gasteiger partial charge in [-0.25, -0.2) is 4.39 Å². The lowest BCUT2D eigenvalue weighted by Crippen LogP contribution is -2.53. The molecule has 35 heavy (non-hydrogen) atoms. The number of hydrogen-bond acceptors (Lipinski definition) is 6. The van der Waals surface area contributed by atoms with E-state index in [0.717, 1.165) is 42.9 Å². The van der Waals surface area contributed by atoms with Crippen molar-refractivity contribution in [2.45, 2.75) is 51.4 Å². The standard InChI is InChI=1S/C26H30FN5O3/c1-18(2)35-22-10-4-19(5-11-22)16-30-14-12-26(13-15-30)17-31-23(33)24(34)32(28-25(31)29(26)3)21-8-6-20(27)7-9-21/h4-11,18H,12-17H2,1-3H3. The molecule has 5 rings (SSSR count). The van der Waals surface area contributed by atoms with Crippen LogP contribution in [-0.2, 0) is 13.1 Å². The molecule has 184 valence electrons. The molecule has 8 nitrogen and oxygen atoms in total. The first-order valence-electron chi connectivity index (χ1n) is 12.0. The molecule has 0 aliphatic carbocycles. The predicted molar refractivity (Wildman–Crippen MR) is 132 cm³/mol. The average molecular weight is 480 g/mol. The summed E-state index contributed by atoms with van der Waals surface area (Å²) in [5.74, 6) is 0.927. The maximum absolute atomic E-state index is 13.3. The van der Waals surface area contributed by atoms with E-state index in [1.807, 2.05) is 37.9 Å². The van der Waals surface area contributed by atoms with Crippen molar-refractivity contribution >= 4 is 5.95 Å². The molecule has 3 aromatic rings. The van der Waals surface area contributed by atoms with Crippen molar-refractivity contribution in [1.29, 1.82) is 0 Å². The van der Waals surface area contributed by atoms with Crippen LogP contribution in [0.4, 0.5) is 10.3 Å². The summed E-state index contributed by atoms with van der Waals surface area (Å²) in [5.41, 5.74) is 0.00141. The van der Waals surface area contributed by atoms with Crippen LogP contribution >= 0.6 is 0 Å². The van der Waals surface area contributed by atoms with E-state index in [1.54, 1.807) is 0 Å². The second-order valence-corrected chi connectivity index (χ2v) is 9.75. The highest BCUT2D eigenvalue weighted by molar-refractivity contribution is 5.41. The van der Waals surface area contributed by atoms with E-state index >= 15 is 0 Å². The Morgan fingerprint density at radius 1 is 1.00 bits per heavy atom. The van der Waals surface area contributed by atoms with Crippen molar-refractivity contribution in [2.24, 2.45) is 0 Å². The maximum atomic E-state index is 13.3. The summed E-state index contributed by atoms with van der Waals surface area (Å²) in [6, 6.07) is 13.6. The first-order valence-corrected chi connectivity index (χ1v) is 12.0. The largest absolute Gasteiger partial charge is 0.491 e. The fourth-order valence-electron chi connectivity index (χ4n) is 5.07. The summed E-state index contributed by atoms with van der Waals surface area (Å²) in [6.45, 7) is 7.07. The van der Waals surface area contributed by atoms with Crippen LogP contribution in [0.25, 0.3) is 5.69 Å². The number of nitrogens with zero attached hydrogens (tertiary/aromatic N) is 5. The lowest BCUT2D eigenvalue weighted by Gasteiger charge is -2.43. The summed E-state index contributed by atoms with van der Waals surface area (Å²) < 4.78 is 21.6. The molecule has 0 bridgehead atoms. The first-order chi connectivity index (χ1) is 16.8. The van der Waals surface area contributed by atoms with Gasteiger partial charge in [0.1, 0.15) is 11.6 Å². The molecule has 1 saturated heterocycles. The number of aromatic nitrogens is 3. The molecule has 0 atom stereocenters. The quantitative estimate of drug-likeness (QED) is 0.524. The van der Waals surface area contributed by atoms with Crippen molar-refractivity contribution < 1.29 is 9.13 Å². The molecule has 1 spiro atoms. The first kappa shape index (κ1) is 23.3. The minimum atomic E-state index is -0.729. The minimum Gasteiger partial charge on any atom is -0.491 e. The maximum Gasteiger partial charge on any atom is 0.337 e. The van der Waals surface area contributed by atoms with E-state index in [1.165, 1.54) is 34.4 Å². The van der Waals surface area contributed by atoms with Crippen molar-refractivity contribution in [3.05, 3.63) is 80.6 Å². The Bertz CT molecular complexity index is 1320. The summed E-state index contributed by atoms with van der Waals surface area (Å²) in [7, 11) is 1.94. The minimum absolute atomic E-state index is 0.150. The number of halogens is 1. The van der Waals surface area contributed by atoms with Crippen molar-refractivity contribution in [3.8, 4) is 11.4 Å². The molecule has 0 saturated carbocycles. The summed E-state index contributed by atoms with van der Waals surface area (Å²) in [5, 5.41) is 4.50. The van der Waals surface area contributed by atoms with Gasteiger partial charge < -0.3 is 9.64 Å². The number of anilines is 1. The summed E-state index contributed by atoms with van der Waals surface area (Å²) in [4.78, 5) is 30.2. The molecule has 2 aromatic carbocycles. The number of benzene rings is 2. The van der Waals surface area contributed by atoms with Gasteiger partial charge in [-0.15, -0.1) is 5.10 Å². The van der Waals surface area contributed by atoms with Crippen LogP contribution in [0.1, 0.15) is 32.3 Å². The fourth-order valence-corrected chi connectivity index (χ4v) is 5.07. The Morgan fingerprint density at radius 2 is 1.66 bits per heavy atom. The van der Waals surface area contributed by atoms with Gasteiger partial charge >= 0.3 is 11.1 Å². The van der Waals surface area contributed by atoms with Crippen LogP contribution in [0.3, 0.4) is 0 Å². The number of piperidine rings is 1. The fraction of sp³-hybridized carbons (Fsp3) is 0.423. The molecular formula is C26H30FN5O3. The van der Waals surface area contributed by atoms with Crippen LogP contribution in [0.15, 0.2) is 58.1 Å². The van der Waals surface area contributed by atoms with Crippen molar-refractivity contribution in [1.82, 2.24) is 19.2 Å². The SMILES string of the molecule is CC(C)Oc1ccc(CN2CCC3(CC2)Cn2c(nn(-c4ccc(F)cc4)c(=O)c2=O)N3C)cc1. The number of ether oxygens (including phenoxy) is 1. The van der Waals surface area contributed by atoms with Crippen LogP contribution in [-0.4, -0.2) is 51.0 Å². The molecule has 0 radical (unpaired) electrons. The second kappa shape index (κ2) is 8.96. The normalized spacial score (nSPS) is 17.2. The molecule has 0 amide bonds. The van der Waals surface area contributed by atoms with Gasteiger partial charge in [-0.05, 0) is 68.7 Å². The zero-order chi connectivity index (χ0) is 24.7. The van der Waals surface area contributed by atoms with Gasteiger partial charge in [0.15, 0.2) is 0 Å². The molecule has 1 aromatic heterocycles. The molecular weight excluding hydrogens is 449 g/mol. The van der Waals surface area contributed by atoms with Crippen molar-refractivity contribution in [3.63, 3.8) is 0 Å². The van der Waals surface area contributed by atoms with Gasteiger partial charge in [0.05, 0.1) is 23.9 Å². The predicted octanol–water partition coefficient (Wildman–Crippen LogP) is 2.81. The summed E-state index contributed by atoms with van der Waals surface area (Å²) >= 11 is 0. The topological polar surface area (TPSA) is 72.6 Å². The average Bonchev–Trinajstić information content (AvgIpc) is 3.11. The monoisotopic (exact) mass is 479 g/mol. The molecule has 2 aliphatic rings. The van der Waals surface area contributed by atoms with Gasteiger partial charge in [-0.2, -0.15) is 4.68 Å². The van der Waals surface area contributed by atoms with Gasteiger partial charge in [-0.3, -0.25) is 19.1 Å². The van der Waals surface area contributed by atoms with E-state index in [0.29, 0.717) is 18.2 Å². The van der Waals surface area contributed by atoms with E-state index in [9.17, 15) is 14.0 Å². The second-order valence-electron chi connectivity index (χ2n) is 9.75. The van der Waals surface area contributed by atoms with Crippen molar-refractivity contribution in [2.75, 3.05) is 25.0 Å². The third-order valence-corrected chi connectivity index (χ3v) is 7.07. The lowest BCUT2D eigenvalue weighted by atomic mass is 9.87.